The van der Waals surface area contributed by atoms with Gasteiger partial charge < -0.3 is 9.84 Å². The maximum Gasteiger partial charge on any atom is 0.120 e. The van der Waals surface area contributed by atoms with E-state index in [0.717, 1.165) is 32.5 Å². The highest BCUT2D eigenvalue weighted by Gasteiger charge is 2.17. The highest BCUT2D eigenvalue weighted by Crippen LogP contribution is 2.33. The van der Waals surface area contributed by atoms with Crippen molar-refractivity contribution in [2.75, 3.05) is 7.11 Å². The summed E-state index contributed by atoms with van der Waals surface area (Å²) < 4.78 is 6.02. The van der Waals surface area contributed by atoms with Crippen molar-refractivity contribution < 1.29 is 9.84 Å². The maximum atomic E-state index is 10.6. The van der Waals surface area contributed by atoms with Gasteiger partial charge in [0.05, 0.1) is 7.11 Å². The van der Waals surface area contributed by atoms with Gasteiger partial charge in [0, 0.05) is 4.47 Å². The molecule has 0 spiro atoms. The first kappa shape index (κ1) is 14.1. The smallest absolute Gasteiger partial charge is 0.120 e. The molecule has 100 valence electrons. The monoisotopic (exact) mass is 320 g/mol. The summed E-state index contributed by atoms with van der Waals surface area (Å²) in [6, 6.07) is 11.7. The molecule has 0 aromatic heterocycles. The van der Waals surface area contributed by atoms with Crippen LogP contribution in [0.3, 0.4) is 0 Å². The molecule has 0 bridgehead atoms. The molecule has 1 unspecified atom stereocenters. The maximum absolute atomic E-state index is 10.6. The van der Waals surface area contributed by atoms with Gasteiger partial charge in [-0.15, -0.1) is 0 Å². The number of ether oxygens (including phenoxy) is 1. The molecule has 0 radical (unpaired) electrons. The van der Waals surface area contributed by atoms with Crippen molar-refractivity contribution in [3.05, 3.63) is 63.1 Å². The molecule has 2 aromatic carbocycles. The van der Waals surface area contributed by atoms with Crippen LogP contribution in [0.25, 0.3) is 0 Å². The van der Waals surface area contributed by atoms with Crippen LogP contribution in [0.1, 0.15) is 28.4 Å². The summed E-state index contributed by atoms with van der Waals surface area (Å²) >= 11 is 3.49. The fourth-order valence-electron chi connectivity index (χ4n) is 2.27. The minimum Gasteiger partial charge on any atom is -0.497 e. The minimum atomic E-state index is -0.638. The first-order valence-corrected chi connectivity index (χ1v) is 6.91. The zero-order chi connectivity index (χ0) is 14.0. The highest BCUT2D eigenvalue weighted by molar-refractivity contribution is 9.10. The van der Waals surface area contributed by atoms with Crippen LogP contribution in [0, 0.1) is 13.8 Å². The van der Waals surface area contributed by atoms with Crippen molar-refractivity contribution in [1.82, 2.24) is 0 Å². The van der Waals surface area contributed by atoms with E-state index in [-0.39, 0.29) is 0 Å². The number of aliphatic hydroxyl groups excluding tert-OH is 1. The second-order valence-corrected chi connectivity index (χ2v) is 5.45. The molecular formula is C16H17BrO2. The average molecular weight is 321 g/mol. The molecule has 1 atom stereocenters. The summed E-state index contributed by atoms with van der Waals surface area (Å²) in [5.41, 5.74) is 4.00. The van der Waals surface area contributed by atoms with E-state index in [1.807, 2.05) is 50.2 Å². The predicted octanol–water partition coefficient (Wildman–Crippen LogP) is 4.16. The summed E-state index contributed by atoms with van der Waals surface area (Å²) in [7, 11) is 1.63. The molecule has 19 heavy (non-hydrogen) atoms. The van der Waals surface area contributed by atoms with E-state index in [1.165, 1.54) is 0 Å². The van der Waals surface area contributed by atoms with Gasteiger partial charge in [-0.3, -0.25) is 0 Å². The number of benzene rings is 2. The van der Waals surface area contributed by atoms with Crippen molar-refractivity contribution >= 4 is 15.9 Å². The summed E-state index contributed by atoms with van der Waals surface area (Å²) in [6.45, 7) is 4.03. The van der Waals surface area contributed by atoms with E-state index in [2.05, 4.69) is 15.9 Å². The molecule has 0 amide bonds. The lowest BCUT2D eigenvalue weighted by molar-refractivity contribution is 0.218. The van der Waals surface area contributed by atoms with E-state index in [1.54, 1.807) is 7.11 Å². The molecule has 0 aliphatic carbocycles. The van der Waals surface area contributed by atoms with E-state index in [9.17, 15) is 5.11 Å². The number of rotatable bonds is 3. The van der Waals surface area contributed by atoms with Crippen LogP contribution in [0.2, 0.25) is 0 Å². The van der Waals surface area contributed by atoms with Gasteiger partial charge in [0.1, 0.15) is 11.9 Å². The highest BCUT2D eigenvalue weighted by atomic mass is 79.9. The van der Waals surface area contributed by atoms with E-state index >= 15 is 0 Å². The Bertz CT molecular complexity index is 573. The van der Waals surface area contributed by atoms with Crippen molar-refractivity contribution in [2.45, 2.75) is 20.0 Å². The summed E-state index contributed by atoms with van der Waals surface area (Å²) in [4.78, 5) is 0. The topological polar surface area (TPSA) is 29.5 Å². The molecule has 0 heterocycles. The number of aryl methyl sites for hydroxylation is 2. The third-order valence-electron chi connectivity index (χ3n) is 3.32. The Morgan fingerprint density at radius 1 is 1.11 bits per heavy atom. The van der Waals surface area contributed by atoms with E-state index in [4.69, 9.17) is 4.74 Å². The SMILES string of the molecule is COc1ccc(C(O)c2c(C)cccc2C)c(Br)c1. The Morgan fingerprint density at radius 2 is 1.74 bits per heavy atom. The first-order chi connectivity index (χ1) is 9.04. The summed E-state index contributed by atoms with van der Waals surface area (Å²) in [6.07, 6.45) is -0.638. The minimum absolute atomic E-state index is 0.638. The van der Waals surface area contributed by atoms with Crippen LogP contribution in [0.4, 0.5) is 0 Å². The molecule has 0 aliphatic rings. The van der Waals surface area contributed by atoms with Gasteiger partial charge in [-0.1, -0.05) is 40.2 Å². The van der Waals surface area contributed by atoms with E-state index in [0.29, 0.717) is 0 Å². The molecule has 2 nitrogen and oxygen atoms in total. The van der Waals surface area contributed by atoms with Gasteiger partial charge in [0.15, 0.2) is 0 Å². The van der Waals surface area contributed by atoms with Gasteiger partial charge in [-0.05, 0) is 48.2 Å². The third-order valence-corrected chi connectivity index (χ3v) is 4.00. The van der Waals surface area contributed by atoms with Crippen LogP contribution in [0.15, 0.2) is 40.9 Å². The molecule has 0 saturated carbocycles. The Balaban J connectivity index is 2.47. The number of aliphatic hydroxyl groups is 1. The largest absolute Gasteiger partial charge is 0.497 e. The van der Waals surface area contributed by atoms with Gasteiger partial charge in [-0.2, -0.15) is 0 Å². The lowest BCUT2D eigenvalue weighted by Crippen LogP contribution is -2.05. The molecule has 0 fully saturated rings. The van der Waals surface area contributed by atoms with Gasteiger partial charge in [0.2, 0.25) is 0 Å². The Labute approximate surface area is 122 Å². The fourth-order valence-corrected chi connectivity index (χ4v) is 2.85. The van der Waals surface area contributed by atoms with Crippen LogP contribution in [-0.4, -0.2) is 12.2 Å². The molecule has 0 aliphatic heterocycles. The predicted molar refractivity (Wildman–Crippen MR) is 80.7 cm³/mol. The van der Waals surface area contributed by atoms with Crippen molar-refractivity contribution in [1.29, 1.82) is 0 Å². The van der Waals surface area contributed by atoms with Gasteiger partial charge in [0.25, 0.3) is 0 Å². The second kappa shape index (κ2) is 5.76. The Morgan fingerprint density at radius 3 is 2.26 bits per heavy atom. The standard InChI is InChI=1S/C16H17BrO2/c1-10-5-4-6-11(2)15(10)16(18)13-8-7-12(19-3)9-14(13)17/h4-9,16,18H,1-3H3. The van der Waals surface area contributed by atoms with Gasteiger partial charge >= 0.3 is 0 Å². The number of methoxy groups -OCH3 is 1. The Hall–Kier alpha value is -1.32. The zero-order valence-corrected chi connectivity index (χ0v) is 12.9. The lowest BCUT2D eigenvalue weighted by atomic mass is 9.93. The third kappa shape index (κ3) is 2.82. The summed E-state index contributed by atoms with van der Waals surface area (Å²) in [5.74, 6) is 0.768. The van der Waals surface area contributed by atoms with Crippen molar-refractivity contribution in [3.63, 3.8) is 0 Å². The zero-order valence-electron chi connectivity index (χ0n) is 11.3. The van der Waals surface area contributed by atoms with E-state index < -0.39 is 6.10 Å². The number of hydrogen-bond acceptors (Lipinski definition) is 2. The first-order valence-electron chi connectivity index (χ1n) is 6.12. The normalized spacial score (nSPS) is 12.3. The molecule has 3 heteroatoms. The van der Waals surface area contributed by atoms with Crippen LogP contribution >= 0.6 is 15.9 Å². The average Bonchev–Trinajstić information content (AvgIpc) is 2.38. The molecule has 2 aromatic rings. The quantitative estimate of drug-likeness (QED) is 0.920. The Kier molecular flexibility index (Phi) is 4.27. The van der Waals surface area contributed by atoms with Crippen LogP contribution in [-0.2, 0) is 0 Å². The molecule has 0 saturated heterocycles. The fraction of sp³-hybridized carbons (Fsp3) is 0.250. The summed E-state index contributed by atoms with van der Waals surface area (Å²) in [5, 5.41) is 10.6. The number of hydrogen-bond donors (Lipinski definition) is 1. The second-order valence-electron chi connectivity index (χ2n) is 4.60. The lowest BCUT2D eigenvalue weighted by Gasteiger charge is -2.18. The number of halogens is 1. The van der Waals surface area contributed by atoms with Gasteiger partial charge in [-0.25, -0.2) is 0 Å². The molecule has 1 N–H and O–H groups in total. The molecule has 2 rings (SSSR count). The van der Waals surface area contributed by atoms with Crippen molar-refractivity contribution in [2.24, 2.45) is 0 Å². The molecular weight excluding hydrogens is 304 g/mol. The van der Waals surface area contributed by atoms with Crippen molar-refractivity contribution in [3.8, 4) is 5.75 Å². The van der Waals surface area contributed by atoms with Crippen LogP contribution in [0.5, 0.6) is 5.75 Å². The van der Waals surface area contributed by atoms with Crippen LogP contribution < -0.4 is 4.74 Å².